The molecule has 3 aromatic rings. The summed E-state index contributed by atoms with van der Waals surface area (Å²) < 4.78 is 2.20. The predicted octanol–water partition coefficient (Wildman–Crippen LogP) is 3.33. The van der Waals surface area contributed by atoms with Crippen LogP contribution in [0.2, 0.25) is 5.15 Å². The number of nitrogens with zero attached hydrogens (tertiary/aromatic N) is 6. The zero-order valence-corrected chi connectivity index (χ0v) is 17.7. The molecule has 7 nitrogen and oxygen atoms in total. The van der Waals surface area contributed by atoms with Crippen molar-refractivity contribution in [3.05, 3.63) is 46.8 Å². The van der Waals surface area contributed by atoms with Gasteiger partial charge in [-0.1, -0.05) is 11.6 Å². The minimum atomic E-state index is 0.446. The molecule has 0 bridgehead atoms. The Morgan fingerprint density at radius 1 is 1.07 bits per heavy atom. The van der Waals surface area contributed by atoms with Gasteiger partial charge in [-0.2, -0.15) is 0 Å². The zero-order valence-electron chi connectivity index (χ0n) is 16.9. The summed E-state index contributed by atoms with van der Waals surface area (Å²) in [6.07, 6.45) is 6.98. The second kappa shape index (κ2) is 7.46. The van der Waals surface area contributed by atoms with E-state index in [2.05, 4.69) is 55.0 Å². The molecule has 3 aromatic heterocycles. The number of piperazine rings is 1. The number of imidazole rings is 1. The summed E-state index contributed by atoms with van der Waals surface area (Å²) in [5, 5.41) is 3.77. The van der Waals surface area contributed by atoms with Gasteiger partial charge in [0.25, 0.3) is 0 Å². The van der Waals surface area contributed by atoms with Crippen molar-refractivity contribution in [3.63, 3.8) is 0 Å². The third-order valence-electron chi connectivity index (χ3n) is 5.75. The molecule has 5 rings (SSSR count). The predicted molar refractivity (Wildman–Crippen MR) is 116 cm³/mol. The topological polar surface area (TPSA) is 61.6 Å². The maximum atomic E-state index is 6.05. The van der Waals surface area contributed by atoms with Crippen molar-refractivity contribution in [2.45, 2.75) is 32.2 Å². The van der Waals surface area contributed by atoms with Crippen LogP contribution in [0.5, 0.6) is 0 Å². The molecular formula is C21H26ClN7. The number of likely N-dealkylation sites (N-methyl/N-ethyl adjacent to an activating group) is 1. The Kier molecular flexibility index (Phi) is 4.80. The van der Waals surface area contributed by atoms with Crippen molar-refractivity contribution in [1.29, 1.82) is 0 Å². The summed E-state index contributed by atoms with van der Waals surface area (Å²) in [5.41, 5.74) is 4.71. The molecule has 0 spiro atoms. The molecule has 1 aliphatic carbocycles. The number of nitrogens with one attached hydrogen (secondary N) is 1. The molecule has 1 aliphatic heterocycles. The fraction of sp³-hybridized carbons (Fsp3) is 0.476. The van der Waals surface area contributed by atoms with Crippen molar-refractivity contribution in [2.75, 3.05) is 43.4 Å². The summed E-state index contributed by atoms with van der Waals surface area (Å²) in [4.78, 5) is 18.3. The van der Waals surface area contributed by atoms with Crippen LogP contribution in [0, 0.1) is 6.92 Å². The van der Waals surface area contributed by atoms with E-state index in [1.165, 1.54) is 24.1 Å². The Hall–Kier alpha value is -2.38. The van der Waals surface area contributed by atoms with E-state index in [0.717, 1.165) is 43.3 Å². The minimum Gasteiger partial charge on any atom is -0.366 e. The van der Waals surface area contributed by atoms with Crippen molar-refractivity contribution in [2.24, 2.45) is 0 Å². The highest BCUT2D eigenvalue weighted by molar-refractivity contribution is 6.29. The Balaban J connectivity index is 1.44. The van der Waals surface area contributed by atoms with Crippen LogP contribution in [0.4, 0.5) is 11.5 Å². The first-order valence-electron chi connectivity index (χ1n) is 10.3. The quantitative estimate of drug-likeness (QED) is 0.650. The summed E-state index contributed by atoms with van der Waals surface area (Å²) >= 11 is 6.05. The molecule has 29 heavy (non-hydrogen) atoms. The van der Waals surface area contributed by atoms with Gasteiger partial charge in [0.2, 0.25) is 0 Å². The minimum absolute atomic E-state index is 0.446. The van der Waals surface area contributed by atoms with Crippen LogP contribution in [0.25, 0.3) is 5.65 Å². The average molecular weight is 412 g/mol. The first-order chi connectivity index (χ1) is 14.0. The third kappa shape index (κ3) is 4.02. The van der Waals surface area contributed by atoms with Crippen molar-refractivity contribution in [1.82, 2.24) is 24.3 Å². The number of halogens is 1. The van der Waals surface area contributed by atoms with Crippen LogP contribution in [-0.2, 0) is 6.54 Å². The largest absolute Gasteiger partial charge is 0.366 e. The third-order valence-corrected chi connectivity index (χ3v) is 5.95. The summed E-state index contributed by atoms with van der Waals surface area (Å²) in [7, 11) is 2.19. The number of hydrogen-bond donors (Lipinski definition) is 1. The number of pyridine rings is 1. The highest BCUT2D eigenvalue weighted by Crippen LogP contribution is 2.42. The number of aromatic nitrogens is 4. The van der Waals surface area contributed by atoms with Crippen molar-refractivity contribution >= 4 is 28.8 Å². The van der Waals surface area contributed by atoms with Crippen LogP contribution in [0.1, 0.15) is 35.8 Å². The molecule has 152 valence electrons. The number of fused-ring (bicyclic) bond motifs is 1. The van der Waals surface area contributed by atoms with Crippen molar-refractivity contribution < 1.29 is 0 Å². The molecule has 0 radical (unpaired) electrons. The van der Waals surface area contributed by atoms with Crippen LogP contribution in [0.15, 0.2) is 24.5 Å². The maximum absolute atomic E-state index is 6.05. The van der Waals surface area contributed by atoms with E-state index in [9.17, 15) is 0 Å². The number of rotatable bonds is 5. The van der Waals surface area contributed by atoms with Crippen LogP contribution in [0.3, 0.4) is 0 Å². The van der Waals surface area contributed by atoms with Gasteiger partial charge in [0, 0.05) is 44.6 Å². The van der Waals surface area contributed by atoms with Gasteiger partial charge in [-0.05, 0) is 44.4 Å². The highest BCUT2D eigenvalue weighted by atomic mass is 35.5. The molecule has 0 aromatic carbocycles. The molecule has 4 heterocycles. The monoisotopic (exact) mass is 411 g/mol. The summed E-state index contributed by atoms with van der Waals surface area (Å²) in [5.74, 6) is 2.08. The first-order valence-corrected chi connectivity index (χ1v) is 10.6. The smallest absolute Gasteiger partial charge is 0.160 e. The van der Waals surface area contributed by atoms with E-state index in [4.69, 9.17) is 16.6 Å². The average Bonchev–Trinajstić information content (AvgIpc) is 3.45. The lowest BCUT2D eigenvalue weighted by Crippen LogP contribution is -2.44. The molecule has 0 unspecified atom stereocenters. The van der Waals surface area contributed by atoms with Gasteiger partial charge in [0.1, 0.15) is 16.8 Å². The van der Waals surface area contributed by atoms with Crippen LogP contribution >= 0.6 is 11.6 Å². The lowest BCUT2D eigenvalue weighted by molar-refractivity contribution is 0.313. The molecule has 1 saturated carbocycles. The lowest BCUT2D eigenvalue weighted by Gasteiger charge is -2.34. The number of hydrogen-bond acceptors (Lipinski definition) is 6. The summed E-state index contributed by atoms with van der Waals surface area (Å²) in [6.45, 7) is 6.68. The molecule has 0 amide bonds. The second-order valence-electron chi connectivity index (χ2n) is 8.16. The Labute approximate surface area is 175 Å². The van der Waals surface area contributed by atoms with Gasteiger partial charge >= 0.3 is 0 Å². The normalized spacial score (nSPS) is 17.8. The van der Waals surface area contributed by atoms with Gasteiger partial charge in [0.05, 0.1) is 17.9 Å². The van der Waals surface area contributed by atoms with E-state index in [1.807, 2.05) is 6.92 Å². The fourth-order valence-electron chi connectivity index (χ4n) is 3.96. The van der Waals surface area contributed by atoms with Crippen LogP contribution < -0.4 is 10.2 Å². The molecule has 2 fully saturated rings. The molecule has 2 aliphatic rings. The van der Waals surface area contributed by atoms with Gasteiger partial charge < -0.3 is 19.5 Å². The first kappa shape index (κ1) is 18.6. The maximum Gasteiger partial charge on any atom is 0.160 e. The molecule has 0 atom stereocenters. The lowest BCUT2D eigenvalue weighted by atomic mass is 10.1. The number of anilines is 2. The summed E-state index contributed by atoms with van der Waals surface area (Å²) in [6, 6.07) is 4.11. The fourth-order valence-corrected chi connectivity index (χ4v) is 4.19. The van der Waals surface area contributed by atoms with Crippen LogP contribution in [-0.4, -0.2) is 57.5 Å². The number of aryl methyl sites for hydroxylation is 1. The van der Waals surface area contributed by atoms with Gasteiger partial charge in [-0.15, -0.1) is 0 Å². The SMILES string of the molecule is Cc1nc(Cl)cc(NCc2cn3cc(C4CC4)cc(N4CCN(C)CC4)c3n2)n1. The zero-order chi connectivity index (χ0) is 20.0. The van der Waals surface area contributed by atoms with E-state index >= 15 is 0 Å². The van der Waals surface area contributed by atoms with Gasteiger partial charge in [0.15, 0.2) is 5.65 Å². The van der Waals surface area contributed by atoms with E-state index in [0.29, 0.717) is 23.4 Å². The Bertz CT molecular complexity index is 1010. The van der Waals surface area contributed by atoms with Crippen molar-refractivity contribution in [3.8, 4) is 0 Å². The Morgan fingerprint density at radius 2 is 1.86 bits per heavy atom. The molecule has 8 heteroatoms. The van der Waals surface area contributed by atoms with Gasteiger partial charge in [-0.25, -0.2) is 15.0 Å². The van der Waals surface area contributed by atoms with E-state index < -0.39 is 0 Å². The van der Waals surface area contributed by atoms with E-state index in [-0.39, 0.29) is 0 Å². The molecule has 1 N–H and O–H groups in total. The molecular weight excluding hydrogens is 386 g/mol. The molecule has 1 saturated heterocycles. The Morgan fingerprint density at radius 3 is 2.59 bits per heavy atom. The van der Waals surface area contributed by atoms with Gasteiger partial charge in [-0.3, -0.25) is 0 Å². The standard InChI is InChI=1S/C21H26ClN7/c1-14-24-19(22)10-20(25-14)23-11-17-13-29-12-16(15-3-4-15)9-18(21(29)26-17)28-7-5-27(2)6-8-28/h9-10,12-13,15H,3-8,11H2,1-2H3,(H,23,24,25). The second-order valence-corrected chi connectivity index (χ2v) is 8.55. The highest BCUT2D eigenvalue weighted by Gasteiger charge is 2.27. The van der Waals surface area contributed by atoms with E-state index in [1.54, 1.807) is 6.07 Å².